The van der Waals surface area contributed by atoms with Crippen molar-refractivity contribution in [1.29, 1.82) is 0 Å². The number of hydrogen-bond donors (Lipinski definition) is 2. The molecule has 0 aromatic carbocycles. The van der Waals surface area contributed by atoms with Gasteiger partial charge in [-0.3, -0.25) is 4.98 Å². The molecule has 1 unspecified atom stereocenters. The fourth-order valence-corrected chi connectivity index (χ4v) is 2.43. The molecule has 1 saturated carbocycles. The first-order valence-electron chi connectivity index (χ1n) is 6.04. The van der Waals surface area contributed by atoms with E-state index in [1.54, 1.807) is 6.20 Å². The van der Waals surface area contributed by atoms with Gasteiger partial charge < -0.3 is 10.4 Å². The summed E-state index contributed by atoms with van der Waals surface area (Å²) >= 11 is 0. The molecule has 1 heterocycles. The third kappa shape index (κ3) is 2.42. The minimum absolute atomic E-state index is 0.106. The lowest BCUT2D eigenvalue weighted by atomic mass is 9.93. The molecule has 3 heteroatoms. The summed E-state index contributed by atoms with van der Waals surface area (Å²) in [5.74, 6) is 0. The van der Waals surface area contributed by atoms with Gasteiger partial charge in [0, 0.05) is 18.4 Å². The topological polar surface area (TPSA) is 45.1 Å². The van der Waals surface area contributed by atoms with Crippen LogP contribution >= 0.6 is 0 Å². The van der Waals surface area contributed by atoms with Crippen molar-refractivity contribution in [2.75, 3.05) is 6.61 Å². The molecule has 0 amide bonds. The van der Waals surface area contributed by atoms with E-state index in [4.69, 9.17) is 0 Å². The summed E-state index contributed by atoms with van der Waals surface area (Å²) < 4.78 is 0. The molecular formula is C13H20N2O. The normalized spacial score (nSPS) is 20.9. The second-order valence-corrected chi connectivity index (χ2v) is 4.86. The maximum absolute atomic E-state index is 9.61. The van der Waals surface area contributed by atoms with E-state index in [-0.39, 0.29) is 12.1 Å². The predicted molar refractivity (Wildman–Crippen MR) is 64.1 cm³/mol. The standard InChI is InChI=1S/C13H20N2O/c1-13(10-16,11-5-4-8-14-9-11)15-12-6-2-3-7-12/h4-5,8-9,12,15-16H,2-3,6-7,10H2,1H3. The Morgan fingerprint density at radius 1 is 1.50 bits per heavy atom. The number of hydrogen-bond acceptors (Lipinski definition) is 3. The van der Waals surface area contributed by atoms with Crippen LogP contribution in [-0.2, 0) is 5.54 Å². The van der Waals surface area contributed by atoms with Crippen molar-refractivity contribution in [3.63, 3.8) is 0 Å². The molecule has 0 aliphatic heterocycles. The third-order valence-corrected chi connectivity index (χ3v) is 3.49. The van der Waals surface area contributed by atoms with Gasteiger partial charge in [0.2, 0.25) is 0 Å². The van der Waals surface area contributed by atoms with E-state index in [2.05, 4.69) is 10.3 Å². The van der Waals surface area contributed by atoms with Crippen LogP contribution in [0, 0.1) is 0 Å². The molecule has 88 valence electrons. The quantitative estimate of drug-likeness (QED) is 0.813. The average molecular weight is 220 g/mol. The summed E-state index contributed by atoms with van der Waals surface area (Å²) in [6.07, 6.45) is 8.62. The Labute approximate surface area is 96.9 Å². The number of nitrogens with one attached hydrogen (secondary N) is 1. The van der Waals surface area contributed by atoms with Crippen molar-refractivity contribution in [1.82, 2.24) is 10.3 Å². The molecule has 1 fully saturated rings. The van der Waals surface area contributed by atoms with E-state index in [0.717, 1.165) is 5.56 Å². The number of pyridine rings is 1. The zero-order valence-electron chi connectivity index (χ0n) is 9.82. The van der Waals surface area contributed by atoms with Gasteiger partial charge >= 0.3 is 0 Å². The maximum Gasteiger partial charge on any atom is 0.0657 e. The summed E-state index contributed by atoms with van der Waals surface area (Å²) in [6, 6.07) is 4.47. The largest absolute Gasteiger partial charge is 0.394 e. The number of aliphatic hydroxyl groups excluding tert-OH is 1. The van der Waals surface area contributed by atoms with E-state index < -0.39 is 0 Å². The van der Waals surface area contributed by atoms with Crippen molar-refractivity contribution < 1.29 is 5.11 Å². The predicted octanol–water partition coefficient (Wildman–Crippen LogP) is 1.82. The lowest BCUT2D eigenvalue weighted by Gasteiger charge is -2.32. The van der Waals surface area contributed by atoms with E-state index in [0.29, 0.717) is 6.04 Å². The fraction of sp³-hybridized carbons (Fsp3) is 0.615. The fourth-order valence-electron chi connectivity index (χ4n) is 2.43. The molecule has 2 N–H and O–H groups in total. The highest BCUT2D eigenvalue weighted by Crippen LogP contribution is 2.25. The van der Waals surface area contributed by atoms with Crippen molar-refractivity contribution >= 4 is 0 Å². The first-order valence-corrected chi connectivity index (χ1v) is 6.04. The number of rotatable bonds is 4. The second-order valence-electron chi connectivity index (χ2n) is 4.86. The van der Waals surface area contributed by atoms with Crippen LogP contribution in [-0.4, -0.2) is 22.7 Å². The Hall–Kier alpha value is -0.930. The van der Waals surface area contributed by atoms with Crippen LogP contribution in [0.1, 0.15) is 38.2 Å². The second kappa shape index (κ2) is 4.93. The van der Waals surface area contributed by atoms with Crippen LogP contribution in [0.25, 0.3) is 0 Å². The molecular weight excluding hydrogens is 200 g/mol. The van der Waals surface area contributed by atoms with Crippen LogP contribution in [0.15, 0.2) is 24.5 Å². The zero-order chi connectivity index (χ0) is 11.4. The molecule has 0 saturated heterocycles. The average Bonchev–Trinajstić information content (AvgIpc) is 2.83. The molecule has 0 radical (unpaired) electrons. The summed E-state index contributed by atoms with van der Waals surface area (Å²) in [5, 5.41) is 13.2. The summed E-state index contributed by atoms with van der Waals surface area (Å²) in [7, 11) is 0. The molecule has 2 rings (SSSR count). The lowest BCUT2D eigenvalue weighted by molar-refractivity contribution is 0.161. The molecule has 0 spiro atoms. The van der Waals surface area contributed by atoms with Gasteiger partial charge in [0.25, 0.3) is 0 Å². The minimum atomic E-state index is -0.358. The molecule has 1 aromatic rings. The van der Waals surface area contributed by atoms with Gasteiger partial charge in [0.15, 0.2) is 0 Å². The maximum atomic E-state index is 9.61. The van der Waals surface area contributed by atoms with Crippen molar-refractivity contribution in [2.24, 2.45) is 0 Å². The zero-order valence-corrected chi connectivity index (χ0v) is 9.82. The molecule has 0 bridgehead atoms. The molecule has 1 atom stereocenters. The first kappa shape index (κ1) is 11.6. The van der Waals surface area contributed by atoms with Crippen LogP contribution in [0.4, 0.5) is 0 Å². The highest BCUT2D eigenvalue weighted by molar-refractivity contribution is 5.20. The van der Waals surface area contributed by atoms with Gasteiger partial charge in [0.1, 0.15) is 0 Å². The van der Waals surface area contributed by atoms with Crippen molar-refractivity contribution in [2.45, 2.75) is 44.2 Å². The third-order valence-electron chi connectivity index (χ3n) is 3.49. The molecule has 1 aromatic heterocycles. The Morgan fingerprint density at radius 3 is 2.81 bits per heavy atom. The van der Waals surface area contributed by atoms with Gasteiger partial charge in [-0.2, -0.15) is 0 Å². The highest BCUT2D eigenvalue weighted by Gasteiger charge is 2.29. The van der Waals surface area contributed by atoms with Crippen molar-refractivity contribution in [3.8, 4) is 0 Å². The number of nitrogens with zero attached hydrogens (tertiary/aromatic N) is 1. The smallest absolute Gasteiger partial charge is 0.0657 e. The van der Waals surface area contributed by atoms with E-state index in [1.807, 2.05) is 25.3 Å². The summed E-state index contributed by atoms with van der Waals surface area (Å²) in [4.78, 5) is 4.12. The minimum Gasteiger partial charge on any atom is -0.394 e. The highest BCUT2D eigenvalue weighted by atomic mass is 16.3. The van der Waals surface area contributed by atoms with E-state index in [1.165, 1.54) is 25.7 Å². The molecule has 1 aliphatic rings. The monoisotopic (exact) mass is 220 g/mol. The van der Waals surface area contributed by atoms with Crippen molar-refractivity contribution in [3.05, 3.63) is 30.1 Å². The SMILES string of the molecule is CC(CO)(NC1CCCC1)c1cccnc1. The van der Waals surface area contributed by atoms with Crippen LogP contribution in [0.2, 0.25) is 0 Å². The summed E-state index contributed by atoms with van der Waals surface area (Å²) in [5.41, 5.74) is 0.702. The Kier molecular flexibility index (Phi) is 3.56. The van der Waals surface area contributed by atoms with Gasteiger partial charge in [-0.1, -0.05) is 18.9 Å². The van der Waals surface area contributed by atoms with Gasteiger partial charge in [-0.05, 0) is 31.4 Å². The number of aromatic nitrogens is 1. The lowest BCUT2D eigenvalue weighted by Crippen LogP contribution is -2.47. The Bertz CT molecular complexity index is 322. The molecule has 1 aliphatic carbocycles. The van der Waals surface area contributed by atoms with E-state index in [9.17, 15) is 5.11 Å². The van der Waals surface area contributed by atoms with Gasteiger partial charge in [-0.25, -0.2) is 0 Å². The first-order chi connectivity index (χ1) is 7.74. The van der Waals surface area contributed by atoms with E-state index >= 15 is 0 Å². The molecule has 16 heavy (non-hydrogen) atoms. The van der Waals surface area contributed by atoms with Gasteiger partial charge in [-0.15, -0.1) is 0 Å². The molecule has 3 nitrogen and oxygen atoms in total. The van der Waals surface area contributed by atoms with Crippen LogP contribution < -0.4 is 5.32 Å². The Balaban J connectivity index is 2.12. The summed E-state index contributed by atoms with van der Waals surface area (Å²) in [6.45, 7) is 2.15. The number of aliphatic hydroxyl groups is 1. The van der Waals surface area contributed by atoms with Crippen LogP contribution in [0.3, 0.4) is 0 Å². The van der Waals surface area contributed by atoms with Crippen LogP contribution in [0.5, 0.6) is 0 Å². The Morgan fingerprint density at radius 2 is 2.25 bits per heavy atom. The van der Waals surface area contributed by atoms with Gasteiger partial charge in [0.05, 0.1) is 12.1 Å².